The minimum atomic E-state index is -1.98. The summed E-state index contributed by atoms with van der Waals surface area (Å²) in [6.45, 7) is 2.60. The molecule has 0 aliphatic rings. The Balaban J connectivity index is 4.51. The number of carbonyl (C=O) groups excluding carboxylic acids is 1. The van der Waals surface area contributed by atoms with Crippen molar-refractivity contribution >= 4 is 5.97 Å². The summed E-state index contributed by atoms with van der Waals surface area (Å²) >= 11 is 0. The number of carbonyl (C=O) groups is 1. The first-order valence-electron chi connectivity index (χ1n) is 4.47. The molecule has 0 aromatic heterocycles. The van der Waals surface area contributed by atoms with Gasteiger partial charge in [-0.25, -0.2) is 4.79 Å². The number of nitro groups is 1. The molecule has 82 valence electrons. The van der Waals surface area contributed by atoms with Gasteiger partial charge in [0.2, 0.25) is 12.1 Å². The van der Waals surface area contributed by atoms with Crippen LogP contribution in [0.4, 0.5) is 0 Å². The molecule has 0 radical (unpaired) electrons. The Morgan fingerprint density at radius 2 is 2.14 bits per heavy atom. The van der Waals surface area contributed by atoms with E-state index >= 15 is 0 Å². The van der Waals surface area contributed by atoms with Gasteiger partial charge in [0.25, 0.3) is 0 Å². The van der Waals surface area contributed by atoms with Crippen molar-refractivity contribution in [2.75, 3.05) is 13.2 Å². The van der Waals surface area contributed by atoms with Gasteiger partial charge in [-0.15, -0.1) is 0 Å². The fourth-order valence-corrected chi connectivity index (χ4v) is 1.14. The third-order valence-electron chi connectivity index (χ3n) is 1.71. The van der Waals surface area contributed by atoms with Crippen LogP contribution in [-0.4, -0.2) is 34.8 Å². The van der Waals surface area contributed by atoms with Gasteiger partial charge >= 0.3 is 5.97 Å². The molecule has 6 heteroatoms. The molecule has 0 fully saturated rings. The number of hydrogen-bond donors (Lipinski definition) is 1. The van der Waals surface area contributed by atoms with Gasteiger partial charge in [-0.1, -0.05) is 13.3 Å². The van der Waals surface area contributed by atoms with Gasteiger partial charge in [0.15, 0.2) is 0 Å². The second-order valence-electron chi connectivity index (χ2n) is 2.99. The lowest BCUT2D eigenvalue weighted by Crippen LogP contribution is -2.46. The van der Waals surface area contributed by atoms with E-state index in [0.717, 1.165) is 0 Å². The van der Waals surface area contributed by atoms with Crippen molar-refractivity contribution in [3.05, 3.63) is 10.1 Å². The average molecular weight is 205 g/mol. The Morgan fingerprint density at radius 3 is 2.50 bits per heavy atom. The molecule has 0 aliphatic heterocycles. The fourth-order valence-electron chi connectivity index (χ4n) is 1.14. The van der Waals surface area contributed by atoms with Crippen molar-refractivity contribution in [1.29, 1.82) is 0 Å². The number of rotatable bonds is 6. The lowest BCUT2D eigenvalue weighted by molar-refractivity contribution is -0.497. The zero-order valence-electron chi connectivity index (χ0n) is 8.36. The first kappa shape index (κ1) is 12.8. The Labute approximate surface area is 82.0 Å². The van der Waals surface area contributed by atoms with Gasteiger partial charge in [0.05, 0.1) is 6.61 Å². The molecule has 1 unspecified atom stereocenters. The van der Waals surface area contributed by atoms with E-state index in [1.807, 2.05) is 0 Å². The average Bonchev–Trinajstić information content (AvgIpc) is 2.03. The Hall–Kier alpha value is -1.17. The van der Waals surface area contributed by atoms with Crippen LogP contribution >= 0.6 is 0 Å². The van der Waals surface area contributed by atoms with E-state index in [9.17, 15) is 20.0 Å². The van der Waals surface area contributed by atoms with E-state index in [2.05, 4.69) is 4.74 Å². The van der Waals surface area contributed by atoms with Crippen molar-refractivity contribution in [3.8, 4) is 0 Å². The summed E-state index contributed by atoms with van der Waals surface area (Å²) in [6.07, 6.45) is 0.510. The van der Waals surface area contributed by atoms with Gasteiger partial charge in [0, 0.05) is 4.92 Å². The van der Waals surface area contributed by atoms with E-state index in [1.165, 1.54) is 0 Å². The van der Waals surface area contributed by atoms with Gasteiger partial charge in [-0.3, -0.25) is 10.1 Å². The highest BCUT2D eigenvalue weighted by atomic mass is 16.6. The van der Waals surface area contributed by atoms with Crippen LogP contribution in [0.15, 0.2) is 0 Å². The minimum absolute atomic E-state index is 0.0345. The number of nitrogens with zero attached hydrogens (tertiary/aromatic N) is 1. The number of ether oxygens (including phenoxy) is 1. The molecule has 0 heterocycles. The van der Waals surface area contributed by atoms with Gasteiger partial charge in [-0.05, 0) is 13.3 Å². The highest BCUT2D eigenvalue weighted by Crippen LogP contribution is 2.15. The molecule has 1 N–H and O–H groups in total. The van der Waals surface area contributed by atoms with Crippen molar-refractivity contribution in [1.82, 2.24) is 0 Å². The van der Waals surface area contributed by atoms with Crippen molar-refractivity contribution in [3.63, 3.8) is 0 Å². The molecule has 1 atom stereocenters. The maximum atomic E-state index is 11.2. The van der Waals surface area contributed by atoms with Crippen LogP contribution in [0.5, 0.6) is 0 Å². The van der Waals surface area contributed by atoms with E-state index in [-0.39, 0.29) is 13.0 Å². The molecule has 0 saturated heterocycles. The quantitative estimate of drug-likeness (QED) is 0.384. The molecular formula is C8H15NO5. The van der Waals surface area contributed by atoms with Crippen molar-refractivity contribution in [2.45, 2.75) is 32.3 Å². The molecule has 0 bridgehead atoms. The maximum Gasteiger partial charge on any atom is 0.345 e. The smallest absolute Gasteiger partial charge is 0.345 e. The van der Waals surface area contributed by atoms with Gasteiger partial charge in [0.1, 0.15) is 0 Å². The van der Waals surface area contributed by atoms with E-state index < -0.39 is 23.0 Å². The van der Waals surface area contributed by atoms with Crippen LogP contribution in [0.3, 0.4) is 0 Å². The predicted molar refractivity (Wildman–Crippen MR) is 48.4 cm³/mol. The maximum absolute atomic E-state index is 11.2. The molecular weight excluding hydrogens is 190 g/mol. The lowest BCUT2D eigenvalue weighted by atomic mass is 9.98. The Kier molecular flexibility index (Phi) is 5.07. The summed E-state index contributed by atoms with van der Waals surface area (Å²) in [5.41, 5.74) is -1.98. The van der Waals surface area contributed by atoms with Gasteiger partial charge < -0.3 is 9.84 Å². The highest BCUT2D eigenvalue weighted by Gasteiger charge is 2.42. The van der Waals surface area contributed by atoms with Crippen LogP contribution in [0.25, 0.3) is 0 Å². The monoisotopic (exact) mass is 205 g/mol. The van der Waals surface area contributed by atoms with Gasteiger partial charge in [-0.2, -0.15) is 0 Å². The third-order valence-corrected chi connectivity index (χ3v) is 1.71. The normalized spacial score (nSPS) is 14.5. The number of hydrogen-bond acceptors (Lipinski definition) is 5. The predicted octanol–water partition coefficient (Wildman–Crippen LogP) is 0.357. The Morgan fingerprint density at radius 1 is 1.57 bits per heavy atom. The molecule has 0 aromatic rings. The molecule has 0 spiro atoms. The Bertz CT molecular complexity index is 218. The van der Waals surface area contributed by atoms with Crippen LogP contribution < -0.4 is 0 Å². The summed E-state index contributed by atoms with van der Waals surface area (Å²) in [5.74, 6) is -0.918. The van der Waals surface area contributed by atoms with Crippen LogP contribution in [0.1, 0.15) is 26.7 Å². The van der Waals surface area contributed by atoms with Crippen molar-refractivity contribution in [2.24, 2.45) is 0 Å². The van der Waals surface area contributed by atoms with Crippen LogP contribution in [0.2, 0.25) is 0 Å². The standard InChI is InChI=1S/C8H15NO5/c1-3-5-8(11,6-9(12)13)7(10)14-4-2/h11H,3-6H2,1-2H3. The van der Waals surface area contributed by atoms with Crippen LogP contribution in [0, 0.1) is 10.1 Å². The summed E-state index contributed by atoms with van der Waals surface area (Å²) in [4.78, 5) is 20.7. The SMILES string of the molecule is CCCC(O)(C[N+](=O)[O-])C(=O)OCC. The summed E-state index contributed by atoms with van der Waals surface area (Å²) in [7, 11) is 0. The zero-order chi connectivity index (χ0) is 11.2. The molecule has 0 saturated carbocycles. The van der Waals surface area contributed by atoms with Crippen molar-refractivity contribution < 1.29 is 19.6 Å². The molecule has 0 amide bonds. The highest BCUT2D eigenvalue weighted by molar-refractivity contribution is 5.79. The number of aliphatic hydroxyl groups is 1. The number of esters is 1. The topological polar surface area (TPSA) is 89.7 Å². The summed E-state index contributed by atoms with van der Waals surface area (Å²) < 4.78 is 4.57. The van der Waals surface area contributed by atoms with Crippen LogP contribution in [-0.2, 0) is 9.53 Å². The fraction of sp³-hybridized carbons (Fsp3) is 0.875. The third kappa shape index (κ3) is 3.69. The van der Waals surface area contributed by atoms with E-state index in [4.69, 9.17) is 0 Å². The summed E-state index contributed by atoms with van der Waals surface area (Å²) in [5, 5.41) is 19.9. The molecule has 14 heavy (non-hydrogen) atoms. The second kappa shape index (κ2) is 5.54. The zero-order valence-corrected chi connectivity index (χ0v) is 8.36. The first-order chi connectivity index (χ1) is 6.46. The minimum Gasteiger partial charge on any atom is -0.464 e. The first-order valence-corrected chi connectivity index (χ1v) is 4.47. The molecule has 0 rings (SSSR count). The summed E-state index contributed by atoms with van der Waals surface area (Å²) in [6, 6.07) is 0. The lowest BCUT2D eigenvalue weighted by Gasteiger charge is -2.20. The molecule has 6 nitrogen and oxygen atoms in total. The molecule has 0 aliphatic carbocycles. The largest absolute Gasteiger partial charge is 0.464 e. The van der Waals surface area contributed by atoms with E-state index in [0.29, 0.717) is 6.42 Å². The second-order valence-corrected chi connectivity index (χ2v) is 2.99. The molecule has 0 aromatic carbocycles. The van der Waals surface area contributed by atoms with E-state index in [1.54, 1.807) is 13.8 Å².